The molecular formula is C3H17CrN3O7. The maximum absolute atomic E-state index is 9.34. The van der Waals surface area contributed by atoms with Crippen molar-refractivity contribution in [1.29, 1.82) is 0 Å². The topological polar surface area (TPSA) is 250 Å². The van der Waals surface area contributed by atoms with Gasteiger partial charge in [-0.1, -0.05) is 0 Å². The molecule has 0 bridgehead atoms. The molecule has 13 N–H and O–H groups in total. The van der Waals surface area contributed by atoms with Crippen LogP contribution in [0.4, 0.5) is 0 Å². The van der Waals surface area contributed by atoms with Gasteiger partial charge in [0.25, 0.3) is 0 Å². The van der Waals surface area contributed by atoms with E-state index < -0.39 is 25.7 Å². The van der Waals surface area contributed by atoms with Crippen LogP contribution in [0.25, 0.3) is 0 Å². The fourth-order valence-electron chi connectivity index (χ4n) is 0. The summed E-state index contributed by atoms with van der Waals surface area (Å²) in [7, 11) is 0. The van der Waals surface area contributed by atoms with Crippen LogP contribution in [0, 0.1) is 0 Å². The second-order valence-corrected chi connectivity index (χ2v) is 2.68. The molecule has 0 spiro atoms. The molecule has 0 aliphatic rings. The molecule has 0 aromatic rings. The second-order valence-electron chi connectivity index (χ2n) is 1.40. The minimum atomic E-state index is -5.75. The summed E-state index contributed by atoms with van der Waals surface area (Å²) in [6.45, 7) is 1.13. The summed E-state index contributed by atoms with van der Waals surface area (Å²) in [6.07, 6.45) is -1.34. The molecule has 0 saturated carbocycles. The zero-order chi connectivity index (χ0) is 9.65. The van der Waals surface area contributed by atoms with Crippen LogP contribution >= 0.6 is 0 Å². The number of hydrogen-bond donors (Lipinski definition) is 4. The number of carboxylic acid groups (broad SMARTS) is 1. The zero-order valence-electron chi connectivity index (χ0n) is 8.38. The Bertz CT molecular complexity index is 204. The Labute approximate surface area is 82.7 Å². The molecule has 11 heteroatoms. The third-order valence-electron chi connectivity index (χ3n) is 0.341. The summed E-state index contributed by atoms with van der Waals surface area (Å²) in [6, 6.07) is 0. The van der Waals surface area contributed by atoms with Gasteiger partial charge < -0.3 is 33.5 Å². The first-order valence-corrected chi connectivity index (χ1v) is 4.28. The molecule has 0 aliphatic heterocycles. The normalized spacial score (nSPS) is 10.0. The second kappa shape index (κ2) is 12.4. The van der Waals surface area contributed by atoms with Crippen LogP contribution in [-0.2, 0) is 26.0 Å². The van der Waals surface area contributed by atoms with Crippen LogP contribution < -0.4 is 31.9 Å². The maximum atomic E-state index is 9.34. The van der Waals surface area contributed by atoms with Crippen molar-refractivity contribution in [3.05, 3.63) is 0 Å². The number of quaternary nitrogens is 3. The number of carbonyl (C=O) groups excluding carboxylic acids is 1. The molecule has 10 nitrogen and oxygen atoms in total. The third kappa shape index (κ3) is 108. The molecule has 0 radical (unpaired) electrons. The Hall–Kier alpha value is -0.638. The quantitative estimate of drug-likeness (QED) is 0.371. The van der Waals surface area contributed by atoms with E-state index in [1.165, 1.54) is 0 Å². The molecule has 0 heterocycles. The van der Waals surface area contributed by atoms with Gasteiger partial charge in [0, 0.05) is 0 Å². The molecule has 1 unspecified atom stereocenters. The third-order valence-corrected chi connectivity index (χ3v) is 0.341. The van der Waals surface area contributed by atoms with Crippen molar-refractivity contribution in [2.24, 2.45) is 0 Å². The Morgan fingerprint density at radius 2 is 1.29 bits per heavy atom. The van der Waals surface area contributed by atoms with Crippen molar-refractivity contribution in [3.8, 4) is 0 Å². The summed E-state index contributed by atoms with van der Waals surface area (Å²) in [5.41, 5.74) is 0. The van der Waals surface area contributed by atoms with Crippen LogP contribution in [-0.4, -0.2) is 17.2 Å². The van der Waals surface area contributed by atoms with Gasteiger partial charge in [0.1, 0.15) is 0 Å². The van der Waals surface area contributed by atoms with E-state index >= 15 is 0 Å². The van der Waals surface area contributed by atoms with Gasteiger partial charge in [-0.3, -0.25) is 0 Å². The van der Waals surface area contributed by atoms with E-state index in [1.807, 2.05) is 0 Å². The average molecular weight is 259 g/mol. The van der Waals surface area contributed by atoms with Gasteiger partial charge in [-0.25, -0.2) is 0 Å². The Balaban J connectivity index is -0.0000000321. The average Bonchev–Trinajstić information content (AvgIpc) is 1.59. The Kier molecular flexibility index (Phi) is 25.8. The van der Waals surface area contributed by atoms with Crippen molar-refractivity contribution < 1.29 is 44.5 Å². The molecule has 14 heavy (non-hydrogen) atoms. The van der Waals surface area contributed by atoms with E-state index in [9.17, 15) is 9.90 Å². The van der Waals surface area contributed by atoms with E-state index in [0.29, 0.717) is 0 Å². The van der Waals surface area contributed by atoms with Crippen molar-refractivity contribution >= 4 is 5.97 Å². The first kappa shape index (κ1) is 29.2. The Morgan fingerprint density at radius 3 is 1.29 bits per heavy atom. The number of carbonyl (C=O) groups is 1. The van der Waals surface area contributed by atoms with Crippen molar-refractivity contribution in [3.63, 3.8) is 0 Å². The van der Waals surface area contributed by atoms with Gasteiger partial charge in [0.05, 0.1) is 12.1 Å². The van der Waals surface area contributed by atoms with Gasteiger partial charge in [0.2, 0.25) is 0 Å². The molecule has 1 atom stereocenters. The number of aliphatic hydroxyl groups is 1. The number of hydrogen-bond acceptors (Lipinski definition) is 7. The SMILES string of the molecule is CC(O)C(=O)[O-].[NH4+].[NH4+].[NH4+].[O]=[Cr](=[O])([O-])[O-]. The summed E-state index contributed by atoms with van der Waals surface area (Å²) in [5.74, 6) is -1.44. The predicted molar refractivity (Wildman–Crippen MR) is 36.0 cm³/mol. The van der Waals surface area contributed by atoms with Crippen molar-refractivity contribution in [1.82, 2.24) is 18.5 Å². The zero-order valence-corrected chi connectivity index (χ0v) is 9.66. The van der Waals surface area contributed by atoms with E-state index in [1.54, 1.807) is 0 Å². The van der Waals surface area contributed by atoms with E-state index in [2.05, 4.69) is 0 Å². The summed E-state index contributed by atoms with van der Waals surface area (Å²) in [4.78, 5) is 9.34. The van der Waals surface area contributed by atoms with Crippen LogP contribution in [0.2, 0.25) is 0 Å². The van der Waals surface area contributed by atoms with Crippen LogP contribution in [0.1, 0.15) is 6.92 Å². The predicted octanol–water partition coefficient (Wildman–Crippen LogP) is -3.37. The fraction of sp³-hybridized carbons (Fsp3) is 0.667. The number of aliphatic carboxylic acids is 1. The van der Waals surface area contributed by atoms with Crippen LogP contribution in [0.5, 0.6) is 0 Å². The molecule has 0 aromatic heterocycles. The number of rotatable bonds is 1. The summed E-state index contributed by atoms with van der Waals surface area (Å²) < 4.78 is 34.4. The molecule has 0 fully saturated rings. The Morgan fingerprint density at radius 1 is 1.21 bits per heavy atom. The standard InChI is InChI=1S/C3H6O3.Cr.3H3N.4O/c1-2(4)3(5)6;;;;;;;;/h2,4H,1H3,(H,5,6);;3*1H3;;;;/q;;;;;;;2*-1/p+2. The first-order chi connectivity index (χ1) is 4.64. The minimum absolute atomic E-state index is 0. The van der Waals surface area contributed by atoms with Crippen molar-refractivity contribution in [2.75, 3.05) is 0 Å². The van der Waals surface area contributed by atoms with Gasteiger partial charge >= 0.3 is 29.5 Å². The molecular weight excluding hydrogens is 242 g/mol. The van der Waals surface area contributed by atoms with Crippen LogP contribution in [0.3, 0.4) is 0 Å². The number of carboxylic acids is 1. The summed E-state index contributed by atoms with van der Waals surface area (Å²) >= 11 is -5.75. The van der Waals surface area contributed by atoms with E-state index in [0.717, 1.165) is 6.92 Å². The molecule has 0 amide bonds. The van der Waals surface area contributed by atoms with Gasteiger partial charge in [-0.15, -0.1) is 0 Å². The summed E-state index contributed by atoms with van der Waals surface area (Å²) in [5, 5.41) is 17.3. The van der Waals surface area contributed by atoms with Crippen molar-refractivity contribution in [2.45, 2.75) is 13.0 Å². The molecule has 0 saturated heterocycles. The van der Waals surface area contributed by atoms with Gasteiger partial charge in [0.15, 0.2) is 0 Å². The van der Waals surface area contributed by atoms with Crippen LogP contribution in [0.15, 0.2) is 0 Å². The van der Waals surface area contributed by atoms with E-state index in [-0.39, 0.29) is 18.5 Å². The number of aliphatic hydroxyl groups excluding tert-OH is 1. The molecule has 92 valence electrons. The fourth-order valence-corrected chi connectivity index (χ4v) is 0. The molecule has 0 aliphatic carbocycles. The molecule has 0 rings (SSSR count). The first-order valence-electron chi connectivity index (χ1n) is 2.20. The van der Waals surface area contributed by atoms with E-state index in [4.69, 9.17) is 21.0 Å². The monoisotopic (exact) mass is 259 g/mol. The van der Waals surface area contributed by atoms with Gasteiger partial charge in [-0.05, 0) is 6.92 Å². The van der Waals surface area contributed by atoms with Gasteiger partial charge in [-0.2, -0.15) is 0 Å². The molecule has 0 aromatic carbocycles.